The van der Waals surface area contributed by atoms with Crippen LogP contribution in [0, 0.1) is 5.92 Å². The Balaban J connectivity index is 1.87. The molecule has 1 aromatic rings. The normalized spacial score (nSPS) is 14.9. The molecule has 0 aliphatic heterocycles. The van der Waals surface area contributed by atoms with Crippen LogP contribution < -0.4 is 4.74 Å². The van der Waals surface area contributed by atoms with Gasteiger partial charge in [-0.15, -0.1) is 0 Å². The molecule has 1 aliphatic rings. The van der Waals surface area contributed by atoms with Gasteiger partial charge in [-0.05, 0) is 30.9 Å². The number of rotatable bonds is 7. The van der Waals surface area contributed by atoms with E-state index in [9.17, 15) is 4.79 Å². The molecule has 0 unspecified atom stereocenters. The first kappa shape index (κ1) is 12.6. The van der Waals surface area contributed by atoms with E-state index in [-0.39, 0.29) is 6.79 Å². The van der Waals surface area contributed by atoms with E-state index < -0.39 is 5.97 Å². The van der Waals surface area contributed by atoms with Crippen LogP contribution in [0.1, 0.15) is 18.4 Å². The summed E-state index contributed by atoms with van der Waals surface area (Å²) in [5.41, 5.74) is 0.731. The third-order valence-electron chi connectivity index (χ3n) is 2.67. The minimum absolute atomic E-state index is 0.203. The molecule has 0 radical (unpaired) electrons. The van der Waals surface area contributed by atoms with Gasteiger partial charge in [0.1, 0.15) is 5.75 Å². The minimum Gasteiger partial charge on any atom is -0.478 e. The number of carboxylic acids is 1. The summed E-state index contributed by atoms with van der Waals surface area (Å²) < 4.78 is 10.9. The van der Waals surface area contributed by atoms with Gasteiger partial charge >= 0.3 is 5.97 Å². The van der Waals surface area contributed by atoms with E-state index in [4.69, 9.17) is 14.6 Å². The monoisotopic (exact) mass is 248 g/mol. The van der Waals surface area contributed by atoms with Crippen LogP contribution in [0.5, 0.6) is 5.75 Å². The van der Waals surface area contributed by atoms with Crippen molar-refractivity contribution in [2.24, 2.45) is 5.92 Å². The zero-order valence-corrected chi connectivity index (χ0v) is 10.0. The topological polar surface area (TPSA) is 55.8 Å². The highest BCUT2D eigenvalue weighted by Gasteiger charge is 2.21. The minimum atomic E-state index is -0.977. The molecule has 1 fully saturated rings. The lowest BCUT2D eigenvalue weighted by Gasteiger charge is -2.09. The van der Waals surface area contributed by atoms with Crippen molar-refractivity contribution < 1.29 is 19.4 Å². The highest BCUT2D eigenvalue weighted by atomic mass is 16.7. The maximum atomic E-state index is 10.5. The van der Waals surface area contributed by atoms with E-state index in [0.29, 0.717) is 11.7 Å². The number of para-hydroxylation sites is 1. The molecular weight excluding hydrogens is 232 g/mol. The van der Waals surface area contributed by atoms with Crippen molar-refractivity contribution in [3.63, 3.8) is 0 Å². The fraction of sp³-hybridized carbons (Fsp3) is 0.357. The molecule has 0 bridgehead atoms. The molecule has 0 aromatic heterocycles. The maximum Gasteiger partial charge on any atom is 0.328 e. The molecule has 2 rings (SSSR count). The second kappa shape index (κ2) is 6.21. The summed E-state index contributed by atoms with van der Waals surface area (Å²) in [6.07, 6.45) is 5.10. The number of hydrogen-bond donors (Lipinski definition) is 1. The van der Waals surface area contributed by atoms with Gasteiger partial charge in [0.2, 0.25) is 0 Å². The molecule has 1 N–H and O–H groups in total. The molecular formula is C14H16O4. The van der Waals surface area contributed by atoms with Gasteiger partial charge < -0.3 is 14.6 Å². The molecule has 4 nitrogen and oxygen atoms in total. The van der Waals surface area contributed by atoms with Gasteiger partial charge in [-0.1, -0.05) is 18.2 Å². The Morgan fingerprint density at radius 3 is 2.89 bits per heavy atom. The number of hydrogen-bond acceptors (Lipinski definition) is 3. The van der Waals surface area contributed by atoms with Gasteiger partial charge in [0, 0.05) is 11.6 Å². The summed E-state index contributed by atoms with van der Waals surface area (Å²) in [7, 11) is 0. The average Bonchev–Trinajstić information content (AvgIpc) is 3.17. The van der Waals surface area contributed by atoms with Crippen molar-refractivity contribution in [3.05, 3.63) is 35.9 Å². The van der Waals surface area contributed by atoms with E-state index in [2.05, 4.69) is 0 Å². The Morgan fingerprint density at radius 2 is 2.17 bits per heavy atom. The van der Waals surface area contributed by atoms with Crippen LogP contribution in [0.3, 0.4) is 0 Å². The zero-order valence-electron chi connectivity index (χ0n) is 10.0. The third-order valence-corrected chi connectivity index (χ3v) is 2.67. The first-order valence-electron chi connectivity index (χ1n) is 5.96. The smallest absolute Gasteiger partial charge is 0.328 e. The van der Waals surface area contributed by atoms with Gasteiger partial charge in [0.05, 0.1) is 6.61 Å². The lowest BCUT2D eigenvalue weighted by molar-refractivity contribution is -0.131. The standard InChI is InChI=1S/C14H16O4/c15-14(16)8-7-12-3-1-2-4-13(12)18-10-17-9-11-5-6-11/h1-4,7-8,11H,5-6,9-10H2,(H,15,16)/b8-7+. The quantitative estimate of drug-likeness (QED) is 0.457. The van der Waals surface area contributed by atoms with Crippen LogP contribution in [0.25, 0.3) is 6.08 Å². The van der Waals surface area contributed by atoms with E-state index in [0.717, 1.165) is 18.2 Å². The second-order valence-electron chi connectivity index (χ2n) is 4.29. The summed E-state index contributed by atoms with van der Waals surface area (Å²) in [6.45, 7) is 0.946. The first-order chi connectivity index (χ1) is 8.75. The van der Waals surface area contributed by atoms with Crippen molar-refractivity contribution >= 4 is 12.0 Å². The molecule has 18 heavy (non-hydrogen) atoms. The Hall–Kier alpha value is -1.81. The van der Waals surface area contributed by atoms with Crippen molar-refractivity contribution in [2.75, 3.05) is 13.4 Å². The molecule has 1 aromatic carbocycles. The highest BCUT2D eigenvalue weighted by Crippen LogP contribution is 2.28. The number of aliphatic carboxylic acids is 1. The summed E-state index contributed by atoms with van der Waals surface area (Å²) in [5.74, 6) is 0.358. The maximum absolute atomic E-state index is 10.5. The summed E-state index contributed by atoms with van der Waals surface area (Å²) in [4.78, 5) is 10.5. The second-order valence-corrected chi connectivity index (χ2v) is 4.29. The molecule has 96 valence electrons. The molecule has 0 saturated heterocycles. The predicted octanol–water partition coefficient (Wildman–Crippen LogP) is 2.55. The van der Waals surface area contributed by atoms with E-state index >= 15 is 0 Å². The molecule has 0 amide bonds. The van der Waals surface area contributed by atoms with Crippen LogP contribution in [0.15, 0.2) is 30.3 Å². The molecule has 0 atom stereocenters. The van der Waals surface area contributed by atoms with Gasteiger partial charge in [-0.3, -0.25) is 0 Å². The summed E-state index contributed by atoms with van der Waals surface area (Å²) in [6, 6.07) is 7.27. The predicted molar refractivity (Wildman–Crippen MR) is 67.3 cm³/mol. The zero-order chi connectivity index (χ0) is 12.8. The largest absolute Gasteiger partial charge is 0.478 e. The van der Waals surface area contributed by atoms with Gasteiger partial charge in [0.25, 0.3) is 0 Å². The summed E-state index contributed by atoms with van der Waals surface area (Å²) >= 11 is 0. The van der Waals surface area contributed by atoms with Gasteiger partial charge in [0.15, 0.2) is 6.79 Å². The van der Waals surface area contributed by atoms with Gasteiger partial charge in [-0.2, -0.15) is 0 Å². The summed E-state index contributed by atoms with van der Waals surface area (Å²) in [5, 5.41) is 8.60. The molecule has 1 aliphatic carbocycles. The molecule has 1 saturated carbocycles. The van der Waals surface area contributed by atoms with Crippen molar-refractivity contribution in [1.29, 1.82) is 0 Å². The first-order valence-corrected chi connectivity index (χ1v) is 5.96. The third kappa shape index (κ3) is 4.22. The van der Waals surface area contributed by atoms with Crippen molar-refractivity contribution in [1.82, 2.24) is 0 Å². The Morgan fingerprint density at radius 1 is 1.39 bits per heavy atom. The molecule has 4 heteroatoms. The van der Waals surface area contributed by atoms with E-state index in [1.807, 2.05) is 12.1 Å². The lowest BCUT2D eigenvalue weighted by Crippen LogP contribution is -2.05. The Kier molecular flexibility index (Phi) is 4.36. The SMILES string of the molecule is O=C(O)/C=C/c1ccccc1OCOCC1CC1. The lowest BCUT2D eigenvalue weighted by atomic mass is 10.2. The Labute approximate surface area is 106 Å². The fourth-order valence-corrected chi connectivity index (χ4v) is 1.52. The van der Waals surface area contributed by atoms with Crippen LogP contribution in [-0.2, 0) is 9.53 Å². The number of carbonyl (C=O) groups is 1. The molecule has 0 heterocycles. The van der Waals surface area contributed by atoms with Crippen LogP contribution >= 0.6 is 0 Å². The average molecular weight is 248 g/mol. The number of benzene rings is 1. The van der Waals surface area contributed by atoms with Crippen molar-refractivity contribution in [3.8, 4) is 5.75 Å². The molecule has 0 spiro atoms. The van der Waals surface area contributed by atoms with Crippen LogP contribution in [0.4, 0.5) is 0 Å². The van der Waals surface area contributed by atoms with E-state index in [1.165, 1.54) is 18.9 Å². The van der Waals surface area contributed by atoms with Crippen molar-refractivity contribution in [2.45, 2.75) is 12.8 Å². The number of carboxylic acid groups (broad SMARTS) is 1. The number of ether oxygens (including phenoxy) is 2. The fourth-order valence-electron chi connectivity index (χ4n) is 1.52. The van der Waals surface area contributed by atoms with Gasteiger partial charge in [-0.25, -0.2) is 4.79 Å². The van der Waals surface area contributed by atoms with Crippen LogP contribution in [0.2, 0.25) is 0 Å². The van der Waals surface area contributed by atoms with Crippen LogP contribution in [-0.4, -0.2) is 24.5 Å². The Bertz CT molecular complexity index is 435. The highest BCUT2D eigenvalue weighted by molar-refractivity contribution is 5.85. The van der Waals surface area contributed by atoms with E-state index in [1.54, 1.807) is 12.1 Å².